The summed E-state index contributed by atoms with van der Waals surface area (Å²) in [6.07, 6.45) is 0.646. The molecule has 0 aliphatic rings. The first kappa shape index (κ1) is 10.1. The van der Waals surface area contributed by atoms with Crippen molar-refractivity contribution in [3.8, 4) is 12.3 Å². The average Bonchev–Trinajstić information content (AvgIpc) is 2.02. The maximum absolute atomic E-state index is 12.3. The number of hydrogen-bond acceptors (Lipinski definition) is 0. The first-order chi connectivity index (χ1) is 5.96. The quantitative estimate of drug-likeness (QED) is 0.618. The van der Waals surface area contributed by atoms with E-state index in [1.807, 2.05) is 0 Å². The summed E-state index contributed by atoms with van der Waals surface area (Å²) in [5.74, 6) is 2.16. The van der Waals surface area contributed by atoms with Crippen LogP contribution in [-0.4, -0.2) is 0 Å². The highest BCUT2D eigenvalue weighted by atomic mass is 79.9. The van der Waals surface area contributed by atoms with Crippen molar-refractivity contribution in [1.82, 2.24) is 0 Å². The first-order valence-corrected chi connectivity index (χ1v) is 4.08. The van der Waals surface area contributed by atoms with E-state index in [2.05, 4.69) is 21.9 Å². The van der Waals surface area contributed by atoms with E-state index < -0.39 is 11.7 Å². The molecular formula is C9H4BrF3. The summed E-state index contributed by atoms with van der Waals surface area (Å²) in [6, 6.07) is 3.70. The van der Waals surface area contributed by atoms with Gasteiger partial charge in [-0.15, -0.1) is 6.42 Å². The van der Waals surface area contributed by atoms with Gasteiger partial charge >= 0.3 is 6.18 Å². The highest BCUT2D eigenvalue weighted by molar-refractivity contribution is 9.10. The van der Waals surface area contributed by atoms with E-state index in [-0.39, 0.29) is 10.0 Å². The molecule has 0 aliphatic carbocycles. The molecule has 0 aliphatic heterocycles. The van der Waals surface area contributed by atoms with Gasteiger partial charge < -0.3 is 0 Å². The lowest BCUT2D eigenvalue weighted by Gasteiger charge is -2.09. The minimum Gasteiger partial charge on any atom is -0.166 e. The zero-order chi connectivity index (χ0) is 10.1. The van der Waals surface area contributed by atoms with E-state index in [4.69, 9.17) is 6.42 Å². The molecule has 13 heavy (non-hydrogen) atoms. The number of halogens is 4. The van der Waals surface area contributed by atoms with Crippen molar-refractivity contribution < 1.29 is 13.2 Å². The molecule has 0 heterocycles. The van der Waals surface area contributed by atoms with Crippen LogP contribution in [0.15, 0.2) is 22.7 Å². The fourth-order valence-corrected chi connectivity index (χ4v) is 1.47. The van der Waals surface area contributed by atoms with Gasteiger partial charge in [-0.3, -0.25) is 0 Å². The molecule has 68 valence electrons. The van der Waals surface area contributed by atoms with Gasteiger partial charge in [-0.05, 0) is 28.1 Å². The predicted molar refractivity (Wildman–Crippen MR) is 47.1 cm³/mol. The Labute approximate surface area is 81.9 Å². The molecule has 0 saturated heterocycles. The minimum absolute atomic E-state index is 0.0787. The second-order valence-corrected chi connectivity index (χ2v) is 3.10. The van der Waals surface area contributed by atoms with Crippen LogP contribution in [0, 0.1) is 12.3 Å². The number of benzene rings is 1. The van der Waals surface area contributed by atoms with Gasteiger partial charge in [0.25, 0.3) is 0 Å². The molecular weight excluding hydrogens is 245 g/mol. The van der Waals surface area contributed by atoms with Crippen molar-refractivity contribution in [2.45, 2.75) is 6.18 Å². The van der Waals surface area contributed by atoms with Crippen LogP contribution in [0.3, 0.4) is 0 Å². The number of terminal acetylenes is 1. The number of alkyl halides is 3. The molecule has 0 radical (unpaired) electrons. The molecule has 0 spiro atoms. The van der Waals surface area contributed by atoms with E-state index in [1.165, 1.54) is 12.1 Å². The van der Waals surface area contributed by atoms with Crippen LogP contribution >= 0.6 is 15.9 Å². The fraction of sp³-hybridized carbons (Fsp3) is 0.111. The lowest BCUT2D eigenvalue weighted by Crippen LogP contribution is -2.06. The monoisotopic (exact) mass is 248 g/mol. The van der Waals surface area contributed by atoms with Crippen LogP contribution in [-0.2, 0) is 6.18 Å². The predicted octanol–water partition coefficient (Wildman–Crippen LogP) is 3.45. The second kappa shape index (κ2) is 3.43. The fourth-order valence-electron chi connectivity index (χ4n) is 0.862. The second-order valence-electron chi connectivity index (χ2n) is 2.31. The summed E-state index contributed by atoms with van der Waals surface area (Å²) >= 11 is 2.81. The molecule has 1 rings (SSSR count). The van der Waals surface area contributed by atoms with Crippen molar-refractivity contribution in [2.75, 3.05) is 0 Å². The Morgan fingerprint density at radius 1 is 1.31 bits per heavy atom. The van der Waals surface area contributed by atoms with Gasteiger partial charge in [0, 0.05) is 10.0 Å². The standard InChI is InChI=1S/C9H4BrF3/c1-2-6-4-3-5-7(8(6)10)9(11,12)13/h1,3-5H. The largest absolute Gasteiger partial charge is 0.417 e. The van der Waals surface area contributed by atoms with Crippen LogP contribution in [0.25, 0.3) is 0 Å². The number of rotatable bonds is 0. The molecule has 4 heteroatoms. The molecule has 0 N–H and O–H groups in total. The summed E-state index contributed by atoms with van der Waals surface area (Å²) in [4.78, 5) is 0. The Morgan fingerprint density at radius 2 is 1.92 bits per heavy atom. The minimum atomic E-state index is -4.37. The van der Waals surface area contributed by atoms with Gasteiger partial charge in [0.2, 0.25) is 0 Å². The lowest BCUT2D eigenvalue weighted by atomic mass is 10.1. The summed E-state index contributed by atoms with van der Waals surface area (Å²) in [5.41, 5.74) is -0.544. The maximum Gasteiger partial charge on any atom is 0.417 e. The third-order valence-corrected chi connectivity index (χ3v) is 2.31. The Bertz CT molecular complexity index is 360. The lowest BCUT2D eigenvalue weighted by molar-refractivity contribution is -0.138. The molecule has 0 saturated carbocycles. The van der Waals surface area contributed by atoms with Crippen molar-refractivity contribution >= 4 is 15.9 Å². The molecule has 0 unspecified atom stereocenters. The highest BCUT2D eigenvalue weighted by Crippen LogP contribution is 2.35. The van der Waals surface area contributed by atoms with Crippen molar-refractivity contribution in [3.63, 3.8) is 0 Å². The third-order valence-electron chi connectivity index (χ3n) is 1.46. The molecule has 0 amide bonds. The van der Waals surface area contributed by atoms with Crippen LogP contribution in [0.2, 0.25) is 0 Å². The van der Waals surface area contributed by atoms with Gasteiger partial charge in [-0.2, -0.15) is 13.2 Å². The Kier molecular flexibility index (Phi) is 2.67. The Morgan fingerprint density at radius 3 is 2.38 bits per heavy atom. The topological polar surface area (TPSA) is 0 Å². The van der Waals surface area contributed by atoms with Crippen LogP contribution in [0.4, 0.5) is 13.2 Å². The summed E-state index contributed by atoms with van der Waals surface area (Å²) in [5, 5.41) is 0. The summed E-state index contributed by atoms with van der Waals surface area (Å²) < 4.78 is 36.7. The molecule has 0 atom stereocenters. The molecule has 1 aromatic carbocycles. The molecule has 0 bridgehead atoms. The van der Waals surface area contributed by atoms with Gasteiger partial charge in [-0.25, -0.2) is 0 Å². The summed E-state index contributed by atoms with van der Waals surface area (Å²) in [7, 11) is 0. The normalized spacial score (nSPS) is 11.0. The smallest absolute Gasteiger partial charge is 0.166 e. The summed E-state index contributed by atoms with van der Waals surface area (Å²) in [6.45, 7) is 0. The molecule has 1 aromatic rings. The van der Waals surface area contributed by atoms with Crippen molar-refractivity contribution in [1.29, 1.82) is 0 Å². The molecule has 0 aromatic heterocycles. The van der Waals surface area contributed by atoms with Crippen molar-refractivity contribution in [2.24, 2.45) is 0 Å². The van der Waals surface area contributed by atoms with Crippen LogP contribution < -0.4 is 0 Å². The number of hydrogen-bond donors (Lipinski definition) is 0. The van der Waals surface area contributed by atoms with Crippen molar-refractivity contribution in [3.05, 3.63) is 33.8 Å². The van der Waals surface area contributed by atoms with Gasteiger partial charge in [0.05, 0.1) is 5.56 Å². The van der Waals surface area contributed by atoms with E-state index in [0.29, 0.717) is 0 Å². The van der Waals surface area contributed by atoms with E-state index >= 15 is 0 Å². The molecule has 0 nitrogen and oxygen atoms in total. The maximum atomic E-state index is 12.3. The third kappa shape index (κ3) is 2.04. The van der Waals surface area contributed by atoms with E-state index in [1.54, 1.807) is 0 Å². The SMILES string of the molecule is C#Cc1cccc(C(F)(F)F)c1Br. The highest BCUT2D eigenvalue weighted by Gasteiger charge is 2.33. The van der Waals surface area contributed by atoms with E-state index in [0.717, 1.165) is 6.07 Å². The Balaban J connectivity index is 3.34. The zero-order valence-corrected chi connectivity index (χ0v) is 7.91. The Hall–Kier alpha value is -0.950. The average molecular weight is 249 g/mol. The first-order valence-electron chi connectivity index (χ1n) is 3.29. The van der Waals surface area contributed by atoms with Gasteiger partial charge in [-0.1, -0.05) is 12.0 Å². The zero-order valence-electron chi connectivity index (χ0n) is 6.32. The van der Waals surface area contributed by atoms with Gasteiger partial charge in [0.15, 0.2) is 0 Å². The van der Waals surface area contributed by atoms with Crippen LogP contribution in [0.1, 0.15) is 11.1 Å². The van der Waals surface area contributed by atoms with Crippen LogP contribution in [0.5, 0.6) is 0 Å². The molecule has 0 fully saturated rings. The van der Waals surface area contributed by atoms with E-state index in [9.17, 15) is 13.2 Å². The van der Waals surface area contributed by atoms with Gasteiger partial charge in [0.1, 0.15) is 0 Å².